The van der Waals surface area contributed by atoms with Crippen molar-refractivity contribution < 1.29 is 14.5 Å². The molecule has 1 unspecified atom stereocenters. The first-order valence-electron chi connectivity index (χ1n) is 9.63. The van der Waals surface area contributed by atoms with Crippen LogP contribution in [0.3, 0.4) is 0 Å². The molecular formula is C21H25N5O4. The van der Waals surface area contributed by atoms with Crippen LogP contribution in [0.2, 0.25) is 0 Å². The van der Waals surface area contributed by atoms with Gasteiger partial charge in [-0.1, -0.05) is 12.1 Å². The van der Waals surface area contributed by atoms with Crippen LogP contribution in [-0.4, -0.2) is 32.7 Å². The third-order valence-corrected chi connectivity index (χ3v) is 5.28. The van der Waals surface area contributed by atoms with Gasteiger partial charge in [-0.3, -0.25) is 14.9 Å². The molecule has 1 N–H and O–H groups in total. The fourth-order valence-corrected chi connectivity index (χ4v) is 3.65. The molecule has 3 rings (SSSR count). The molecule has 0 saturated carbocycles. The van der Waals surface area contributed by atoms with E-state index in [0.29, 0.717) is 17.9 Å². The summed E-state index contributed by atoms with van der Waals surface area (Å²) in [4.78, 5) is 27.7. The van der Waals surface area contributed by atoms with E-state index in [0.717, 1.165) is 27.9 Å². The number of nitro benzene ring substituents is 1. The zero-order valence-corrected chi connectivity index (χ0v) is 17.7. The summed E-state index contributed by atoms with van der Waals surface area (Å²) >= 11 is 0. The van der Waals surface area contributed by atoms with Crippen molar-refractivity contribution >= 4 is 22.6 Å². The average Bonchev–Trinajstić information content (AvgIpc) is 3.03. The number of hydrogen-bond donors (Lipinski definition) is 1. The quantitative estimate of drug-likeness (QED) is 0.471. The molecule has 0 radical (unpaired) electrons. The van der Waals surface area contributed by atoms with E-state index >= 15 is 0 Å². The number of carbonyl (C=O) groups is 1. The van der Waals surface area contributed by atoms with Crippen LogP contribution >= 0.6 is 0 Å². The first kappa shape index (κ1) is 21.2. The standard InChI is InChI=1S/C21H25N5O4/c1-12-17(14(3)23-20-19(12)21(30-5)24-25(20)4)9-10-18(27)22-13(2)15-7-6-8-16(11-15)26(28)29/h6-8,11,13H,9-10H2,1-5H3,(H,22,27). The third-order valence-electron chi connectivity index (χ3n) is 5.28. The number of nitro groups is 1. The average molecular weight is 411 g/mol. The Balaban J connectivity index is 1.74. The maximum absolute atomic E-state index is 12.5. The number of aryl methyl sites for hydroxylation is 3. The molecular weight excluding hydrogens is 386 g/mol. The number of amides is 1. The molecule has 1 atom stereocenters. The van der Waals surface area contributed by atoms with Gasteiger partial charge in [0.05, 0.1) is 23.5 Å². The first-order valence-corrected chi connectivity index (χ1v) is 9.63. The minimum Gasteiger partial charge on any atom is -0.479 e. The Bertz CT molecular complexity index is 1120. The number of aromatic nitrogens is 3. The van der Waals surface area contributed by atoms with Crippen LogP contribution in [0.5, 0.6) is 5.88 Å². The number of non-ortho nitro benzene ring substituents is 1. The lowest BCUT2D eigenvalue weighted by molar-refractivity contribution is -0.384. The lowest BCUT2D eigenvalue weighted by Crippen LogP contribution is -2.27. The molecule has 9 heteroatoms. The largest absolute Gasteiger partial charge is 0.479 e. The predicted octanol–water partition coefficient (Wildman–Crippen LogP) is 3.31. The lowest BCUT2D eigenvalue weighted by Gasteiger charge is -2.15. The topological polar surface area (TPSA) is 112 Å². The van der Waals surface area contributed by atoms with Crippen LogP contribution in [0.25, 0.3) is 11.0 Å². The van der Waals surface area contributed by atoms with E-state index in [4.69, 9.17) is 4.74 Å². The third kappa shape index (κ3) is 4.10. The van der Waals surface area contributed by atoms with Gasteiger partial charge in [0.25, 0.3) is 5.69 Å². The predicted molar refractivity (Wildman–Crippen MR) is 113 cm³/mol. The van der Waals surface area contributed by atoms with Gasteiger partial charge in [-0.25, -0.2) is 9.67 Å². The number of nitrogens with one attached hydrogen (secondary N) is 1. The molecule has 0 bridgehead atoms. The van der Waals surface area contributed by atoms with Crippen molar-refractivity contribution in [3.8, 4) is 5.88 Å². The fraction of sp³-hybridized carbons (Fsp3) is 0.381. The number of hydrogen-bond acceptors (Lipinski definition) is 6. The van der Waals surface area contributed by atoms with E-state index < -0.39 is 4.92 Å². The van der Waals surface area contributed by atoms with Crippen molar-refractivity contribution in [1.29, 1.82) is 0 Å². The Labute approximate surface area is 174 Å². The molecule has 158 valence electrons. The van der Waals surface area contributed by atoms with E-state index in [9.17, 15) is 14.9 Å². The minimum atomic E-state index is -0.445. The molecule has 3 aromatic rings. The van der Waals surface area contributed by atoms with Crippen molar-refractivity contribution in [2.24, 2.45) is 7.05 Å². The Morgan fingerprint density at radius 1 is 1.37 bits per heavy atom. The summed E-state index contributed by atoms with van der Waals surface area (Å²) < 4.78 is 7.06. The number of ether oxygens (including phenoxy) is 1. The summed E-state index contributed by atoms with van der Waals surface area (Å²) in [7, 11) is 3.39. The summed E-state index contributed by atoms with van der Waals surface area (Å²) in [6, 6.07) is 5.95. The Morgan fingerprint density at radius 3 is 2.77 bits per heavy atom. The van der Waals surface area contributed by atoms with Gasteiger partial charge in [0, 0.05) is 31.3 Å². The van der Waals surface area contributed by atoms with E-state index in [1.807, 2.05) is 27.8 Å². The van der Waals surface area contributed by atoms with Crippen LogP contribution < -0.4 is 10.1 Å². The summed E-state index contributed by atoms with van der Waals surface area (Å²) in [6.45, 7) is 5.71. The van der Waals surface area contributed by atoms with Crippen LogP contribution in [0, 0.1) is 24.0 Å². The summed E-state index contributed by atoms with van der Waals surface area (Å²) in [5, 5.41) is 19.1. The number of carbonyl (C=O) groups excluding carboxylic acids is 1. The van der Waals surface area contributed by atoms with Crippen molar-refractivity contribution in [1.82, 2.24) is 20.1 Å². The van der Waals surface area contributed by atoms with Crippen LogP contribution in [-0.2, 0) is 18.3 Å². The molecule has 2 aromatic heterocycles. The minimum absolute atomic E-state index is 0.00430. The molecule has 0 aliphatic rings. The second-order valence-electron chi connectivity index (χ2n) is 7.27. The van der Waals surface area contributed by atoms with Gasteiger partial charge in [-0.15, -0.1) is 5.10 Å². The SMILES string of the molecule is COc1nn(C)c2nc(C)c(CCC(=O)NC(C)c3cccc([N+](=O)[O-])c3)c(C)c12. The molecule has 0 aliphatic carbocycles. The number of nitrogens with zero attached hydrogens (tertiary/aromatic N) is 4. The highest BCUT2D eigenvalue weighted by Gasteiger charge is 2.19. The number of fused-ring (bicyclic) bond motifs is 1. The van der Waals surface area contributed by atoms with Gasteiger partial charge >= 0.3 is 0 Å². The van der Waals surface area contributed by atoms with Crippen LogP contribution in [0.1, 0.15) is 41.8 Å². The molecule has 0 fully saturated rings. The second kappa shape index (κ2) is 8.48. The highest BCUT2D eigenvalue weighted by atomic mass is 16.6. The smallest absolute Gasteiger partial charge is 0.269 e. The number of benzene rings is 1. The molecule has 30 heavy (non-hydrogen) atoms. The monoisotopic (exact) mass is 411 g/mol. The van der Waals surface area contributed by atoms with Gasteiger partial charge in [0.2, 0.25) is 11.8 Å². The highest BCUT2D eigenvalue weighted by molar-refractivity contribution is 5.86. The van der Waals surface area contributed by atoms with Crippen LogP contribution in [0.4, 0.5) is 5.69 Å². The summed E-state index contributed by atoms with van der Waals surface area (Å²) in [6.07, 6.45) is 0.795. The second-order valence-corrected chi connectivity index (χ2v) is 7.27. The normalized spacial score (nSPS) is 12.0. The zero-order chi connectivity index (χ0) is 22.0. The molecule has 1 amide bonds. The van der Waals surface area contributed by atoms with Crippen LogP contribution in [0.15, 0.2) is 24.3 Å². The van der Waals surface area contributed by atoms with Gasteiger partial charge in [-0.2, -0.15) is 0 Å². The Hall–Kier alpha value is -3.49. The first-order chi connectivity index (χ1) is 14.2. The van der Waals surface area contributed by atoms with Gasteiger partial charge in [0.15, 0.2) is 5.65 Å². The van der Waals surface area contributed by atoms with Crippen molar-refractivity contribution in [3.05, 3.63) is 56.8 Å². The molecule has 0 spiro atoms. The van der Waals surface area contributed by atoms with E-state index in [-0.39, 0.29) is 24.1 Å². The van der Waals surface area contributed by atoms with Crippen molar-refractivity contribution in [2.75, 3.05) is 7.11 Å². The van der Waals surface area contributed by atoms with E-state index in [1.54, 1.807) is 23.9 Å². The van der Waals surface area contributed by atoms with Gasteiger partial charge in [0.1, 0.15) is 0 Å². The van der Waals surface area contributed by atoms with Gasteiger partial charge < -0.3 is 10.1 Å². The molecule has 2 heterocycles. The number of pyridine rings is 1. The highest BCUT2D eigenvalue weighted by Crippen LogP contribution is 2.30. The zero-order valence-electron chi connectivity index (χ0n) is 17.7. The maximum Gasteiger partial charge on any atom is 0.269 e. The lowest BCUT2D eigenvalue weighted by atomic mass is 9.99. The van der Waals surface area contributed by atoms with Gasteiger partial charge in [-0.05, 0) is 43.9 Å². The number of rotatable bonds is 7. The van der Waals surface area contributed by atoms with Crippen molar-refractivity contribution in [2.45, 2.75) is 39.7 Å². The molecule has 0 aliphatic heterocycles. The summed E-state index contributed by atoms with van der Waals surface area (Å²) in [5.74, 6) is 0.383. The summed E-state index contributed by atoms with van der Waals surface area (Å²) in [5.41, 5.74) is 4.28. The van der Waals surface area contributed by atoms with Crippen molar-refractivity contribution in [3.63, 3.8) is 0 Å². The maximum atomic E-state index is 12.5. The molecule has 1 aromatic carbocycles. The fourth-order valence-electron chi connectivity index (χ4n) is 3.65. The van der Waals surface area contributed by atoms with E-state index in [1.165, 1.54) is 12.1 Å². The molecule has 0 saturated heterocycles. The molecule has 9 nitrogen and oxygen atoms in total. The van der Waals surface area contributed by atoms with E-state index in [2.05, 4.69) is 15.4 Å². The number of methoxy groups -OCH3 is 1. The Kier molecular flexibility index (Phi) is 6.00. The Morgan fingerprint density at radius 2 is 2.10 bits per heavy atom.